The number of anilines is 1. The van der Waals surface area contributed by atoms with Crippen molar-refractivity contribution in [2.75, 3.05) is 25.0 Å². The molecule has 2 aromatic carbocycles. The number of aromatic nitrogens is 2. The third-order valence-electron chi connectivity index (χ3n) is 8.47. The molecule has 1 aromatic heterocycles. The van der Waals surface area contributed by atoms with Crippen LogP contribution in [-0.4, -0.2) is 69.6 Å². The van der Waals surface area contributed by atoms with Crippen molar-refractivity contribution in [1.29, 1.82) is 0 Å². The summed E-state index contributed by atoms with van der Waals surface area (Å²) in [7, 11) is 0. The van der Waals surface area contributed by atoms with Crippen molar-refractivity contribution < 1.29 is 28.2 Å². The molecule has 2 aliphatic rings. The van der Waals surface area contributed by atoms with Crippen LogP contribution in [0.2, 0.25) is 0 Å². The Bertz CT molecular complexity index is 1530. The van der Waals surface area contributed by atoms with Crippen LogP contribution in [0.15, 0.2) is 42.5 Å². The molecule has 248 valence electrons. The Hall–Kier alpha value is -3.99. The summed E-state index contributed by atoms with van der Waals surface area (Å²) in [6.07, 6.45) is 4.52. The lowest BCUT2D eigenvalue weighted by Gasteiger charge is -2.32. The van der Waals surface area contributed by atoms with Gasteiger partial charge in [-0.3, -0.25) is 24.6 Å². The van der Waals surface area contributed by atoms with Crippen molar-refractivity contribution in [1.82, 2.24) is 19.8 Å². The maximum absolute atomic E-state index is 13.5. The van der Waals surface area contributed by atoms with Crippen molar-refractivity contribution in [3.63, 3.8) is 0 Å². The van der Waals surface area contributed by atoms with Gasteiger partial charge in [-0.05, 0) is 110 Å². The average molecular weight is 636 g/mol. The summed E-state index contributed by atoms with van der Waals surface area (Å²) in [5, 5.41) is 5.99. The number of rotatable bonds is 9. The Morgan fingerprint density at radius 1 is 0.978 bits per heavy atom. The van der Waals surface area contributed by atoms with E-state index in [1.54, 1.807) is 0 Å². The van der Waals surface area contributed by atoms with Gasteiger partial charge in [-0.2, -0.15) is 0 Å². The summed E-state index contributed by atoms with van der Waals surface area (Å²) in [5.74, 6) is 0.141. The smallest absolute Gasteiger partial charge is 0.320 e. The Morgan fingerprint density at radius 3 is 2.28 bits per heavy atom. The number of hydrogen-bond acceptors (Lipinski definition) is 7. The normalized spacial score (nSPS) is 19.6. The highest BCUT2D eigenvalue weighted by Crippen LogP contribution is 2.38. The van der Waals surface area contributed by atoms with E-state index in [4.69, 9.17) is 14.5 Å². The first-order valence-electron chi connectivity index (χ1n) is 16.3. The monoisotopic (exact) mass is 635 g/mol. The number of imidazole rings is 1. The SMILES string of the molecule is CC(C)NC(=O)C1CCC(n2c(NC(=O)c3ccc(F)cc3)nc3ccc(OC4CCN(CC(=O)OC(C)(C)C)CC4)cc32)CC1. The van der Waals surface area contributed by atoms with Crippen LogP contribution >= 0.6 is 0 Å². The van der Waals surface area contributed by atoms with Crippen LogP contribution in [0.3, 0.4) is 0 Å². The van der Waals surface area contributed by atoms with Gasteiger partial charge in [0.05, 0.1) is 17.6 Å². The molecule has 5 rings (SSSR count). The summed E-state index contributed by atoms with van der Waals surface area (Å²) in [6, 6.07) is 11.3. The zero-order chi connectivity index (χ0) is 33.0. The molecule has 0 radical (unpaired) electrons. The molecule has 1 aliphatic carbocycles. The standard InChI is InChI=1S/C35H46FN5O5/c1-22(2)37-32(43)24-8-12-26(13-9-24)41-30-20-28(45-27-16-18-40(19-17-27)21-31(42)46-35(3,4)5)14-15-29(30)38-34(41)39-33(44)23-6-10-25(36)11-7-23/h6-7,10-11,14-15,20,22,24,26-27H,8-9,12-13,16-19,21H2,1-5H3,(H,37,43)(H,38,39,44). The first-order valence-corrected chi connectivity index (χ1v) is 16.3. The summed E-state index contributed by atoms with van der Waals surface area (Å²) < 4.78 is 27.5. The number of hydrogen-bond donors (Lipinski definition) is 2. The number of carbonyl (C=O) groups is 3. The quantitative estimate of drug-likeness (QED) is 0.283. The van der Waals surface area contributed by atoms with Gasteiger partial charge in [0.2, 0.25) is 11.9 Å². The van der Waals surface area contributed by atoms with Gasteiger partial charge < -0.3 is 19.4 Å². The number of benzene rings is 2. The molecule has 2 N–H and O–H groups in total. The maximum Gasteiger partial charge on any atom is 0.320 e. The van der Waals surface area contributed by atoms with Gasteiger partial charge in [0, 0.05) is 42.7 Å². The van der Waals surface area contributed by atoms with Crippen LogP contribution < -0.4 is 15.4 Å². The minimum atomic E-state index is -0.505. The minimum Gasteiger partial charge on any atom is -0.490 e. The highest BCUT2D eigenvalue weighted by molar-refractivity contribution is 6.04. The van der Waals surface area contributed by atoms with E-state index in [-0.39, 0.29) is 48.4 Å². The number of amides is 2. The molecule has 2 heterocycles. The van der Waals surface area contributed by atoms with E-state index in [1.807, 2.05) is 52.8 Å². The number of halogens is 1. The molecule has 10 nitrogen and oxygen atoms in total. The van der Waals surface area contributed by atoms with E-state index in [1.165, 1.54) is 24.3 Å². The molecule has 0 atom stereocenters. The van der Waals surface area contributed by atoms with E-state index in [0.717, 1.165) is 57.1 Å². The zero-order valence-corrected chi connectivity index (χ0v) is 27.5. The molecule has 46 heavy (non-hydrogen) atoms. The fourth-order valence-corrected chi connectivity index (χ4v) is 6.31. The summed E-state index contributed by atoms with van der Waals surface area (Å²) in [5.41, 5.74) is 1.38. The summed E-state index contributed by atoms with van der Waals surface area (Å²) >= 11 is 0. The molecule has 2 amide bonds. The van der Waals surface area contributed by atoms with Crippen molar-refractivity contribution in [2.24, 2.45) is 5.92 Å². The summed E-state index contributed by atoms with van der Waals surface area (Å²) in [6.45, 7) is 11.3. The molecule has 0 bridgehead atoms. The molecule has 0 spiro atoms. The van der Waals surface area contributed by atoms with Gasteiger partial charge >= 0.3 is 5.97 Å². The predicted octanol–water partition coefficient (Wildman–Crippen LogP) is 5.87. The number of piperidine rings is 1. The van der Waals surface area contributed by atoms with Crippen LogP contribution in [0, 0.1) is 11.7 Å². The van der Waals surface area contributed by atoms with Crippen LogP contribution in [0.1, 0.15) is 89.5 Å². The molecule has 1 aliphatic heterocycles. The van der Waals surface area contributed by atoms with Gasteiger partial charge in [0.1, 0.15) is 23.3 Å². The van der Waals surface area contributed by atoms with E-state index >= 15 is 0 Å². The Labute approximate surface area is 270 Å². The van der Waals surface area contributed by atoms with E-state index < -0.39 is 11.4 Å². The van der Waals surface area contributed by atoms with Gasteiger partial charge in [0.15, 0.2) is 0 Å². The number of fused-ring (bicyclic) bond motifs is 1. The topological polar surface area (TPSA) is 115 Å². The van der Waals surface area contributed by atoms with E-state index in [9.17, 15) is 18.8 Å². The first-order chi connectivity index (χ1) is 21.8. The highest BCUT2D eigenvalue weighted by atomic mass is 19.1. The number of carbonyl (C=O) groups excluding carboxylic acids is 3. The highest BCUT2D eigenvalue weighted by Gasteiger charge is 2.31. The fraction of sp³-hybridized carbons (Fsp3) is 0.543. The lowest BCUT2D eigenvalue weighted by atomic mass is 9.85. The first kappa shape index (κ1) is 33.4. The van der Waals surface area contributed by atoms with Crippen LogP contribution in [0.25, 0.3) is 11.0 Å². The third-order valence-corrected chi connectivity index (χ3v) is 8.47. The van der Waals surface area contributed by atoms with Crippen molar-refractivity contribution in [2.45, 2.75) is 96.9 Å². The third kappa shape index (κ3) is 8.63. The molecule has 3 aromatic rings. The van der Waals surface area contributed by atoms with Crippen LogP contribution in [0.5, 0.6) is 5.75 Å². The Kier molecular flexibility index (Phi) is 10.3. The number of nitrogens with zero attached hydrogens (tertiary/aromatic N) is 3. The zero-order valence-electron chi connectivity index (χ0n) is 27.5. The predicted molar refractivity (Wildman–Crippen MR) is 174 cm³/mol. The molecular weight excluding hydrogens is 589 g/mol. The van der Waals surface area contributed by atoms with Crippen molar-refractivity contribution in [3.05, 3.63) is 53.8 Å². The largest absolute Gasteiger partial charge is 0.490 e. The number of ether oxygens (including phenoxy) is 2. The van der Waals surface area contributed by atoms with E-state index in [0.29, 0.717) is 22.8 Å². The van der Waals surface area contributed by atoms with Gasteiger partial charge in [0.25, 0.3) is 5.91 Å². The van der Waals surface area contributed by atoms with Crippen LogP contribution in [-0.2, 0) is 14.3 Å². The molecule has 2 fully saturated rings. The van der Waals surface area contributed by atoms with Gasteiger partial charge in [-0.25, -0.2) is 9.37 Å². The molecule has 11 heteroatoms. The fourth-order valence-electron chi connectivity index (χ4n) is 6.31. The van der Waals surface area contributed by atoms with Gasteiger partial charge in [-0.15, -0.1) is 0 Å². The maximum atomic E-state index is 13.5. The molecular formula is C35H46FN5O5. The molecule has 1 saturated heterocycles. The lowest BCUT2D eigenvalue weighted by molar-refractivity contribution is -0.156. The van der Waals surface area contributed by atoms with Crippen molar-refractivity contribution >= 4 is 34.8 Å². The second kappa shape index (κ2) is 14.2. The number of nitrogens with one attached hydrogen (secondary N) is 2. The molecule has 1 saturated carbocycles. The lowest BCUT2D eigenvalue weighted by Crippen LogP contribution is -2.42. The molecule has 0 unspecified atom stereocenters. The van der Waals surface area contributed by atoms with Gasteiger partial charge in [-0.1, -0.05) is 0 Å². The second-order valence-electron chi connectivity index (χ2n) is 13.8. The second-order valence-corrected chi connectivity index (χ2v) is 13.8. The Balaban J connectivity index is 1.32. The van der Waals surface area contributed by atoms with E-state index in [2.05, 4.69) is 20.1 Å². The van der Waals surface area contributed by atoms with Crippen LogP contribution in [0.4, 0.5) is 10.3 Å². The van der Waals surface area contributed by atoms with Crippen molar-refractivity contribution in [3.8, 4) is 5.75 Å². The minimum absolute atomic E-state index is 0.00346. The number of esters is 1. The average Bonchev–Trinajstić information content (AvgIpc) is 3.34. The Morgan fingerprint density at radius 2 is 1.65 bits per heavy atom. The summed E-state index contributed by atoms with van der Waals surface area (Å²) in [4.78, 5) is 45.0. The number of likely N-dealkylation sites (tertiary alicyclic amines) is 1.